The third kappa shape index (κ3) is 2.01. The van der Waals surface area contributed by atoms with E-state index >= 15 is 0 Å². The molecule has 0 aliphatic carbocycles. The summed E-state index contributed by atoms with van der Waals surface area (Å²) >= 11 is 0. The summed E-state index contributed by atoms with van der Waals surface area (Å²) in [4.78, 5) is 24.7. The lowest BCUT2D eigenvalue weighted by Gasteiger charge is -2.16. The summed E-state index contributed by atoms with van der Waals surface area (Å²) in [6.45, 7) is 0. The van der Waals surface area contributed by atoms with E-state index in [2.05, 4.69) is 9.97 Å². The number of hydrogen-bond acceptors (Lipinski definition) is 3. The molecule has 0 unspecified atom stereocenters. The zero-order chi connectivity index (χ0) is 9.19. The zero-order valence-corrected chi connectivity index (χ0v) is 7.22. The second kappa shape index (κ2) is 3.18. The van der Waals surface area contributed by atoms with Gasteiger partial charge in [-0.2, -0.15) is 0 Å². The van der Waals surface area contributed by atoms with E-state index in [-0.39, 0.29) is 5.95 Å². The molecule has 0 fully saturated rings. The first-order chi connectivity index (χ1) is 5.52. The Labute approximate surface area is 69.1 Å². The van der Waals surface area contributed by atoms with E-state index in [1.165, 1.54) is 19.4 Å². The number of rotatable bonds is 2. The van der Waals surface area contributed by atoms with Gasteiger partial charge in [-0.1, -0.05) is 0 Å². The predicted octanol–water partition coefficient (Wildman–Crippen LogP) is 0.00550. The monoisotopic (exact) mass is 189 g/mol. The standard InChI is InChI=1S/C5H8N3O3P/c1-8(12(9,10)11)5-6-3-2-4-7-5/h2-4H,1H3,(H2,9,10,11). The molecule has 2 N–H and O–H groups in total. The van der Waals surface area contributed by atoms with Gasteiger partial charge in [0.2, 0.25) is 5.95 Å². The van der Waals surface area contributed by atoms with Crippen molar-refractivity contribution in [2.45, 2.75) is 0 Å². The molecule has 0 saturated carbocycles. The summed E-state index contributed by atoms with van der Waals surface area (Å²) < 4.78 is 11.4. The molecule has 0 bridgehead atoms. The molecule has 0 amide bonds. The van der Waals surface area contributed by atoms with Crippen LogP contribution in [0.25, 0.3) is 0 Å². The first-order valence-electron chi connectivity index (χ1n) is 3.08. The molecule has 7 heteroatoms. The van der Waals surface area contributed by atoms with Crippen molar-refractivity contribution in [3.63, 3.8) is 0 Å². The van der Waals surface area contributed by atoms with E-state index in [0.29, 0.717) is 4.67 Å². The number of anilines is 1. The van der Waals surface area contributed by atoms with Gasteiger partial charge in [-0.3, -0.25) is 4.67 Å². The Hall–Kier alpha value is -0.970. The van der Waals surface area contributed by atoms with Gasteiger partial charge in [-0.05, 0) is 6.07 Å². The van der Waals surface area contributed by atoms with Crippen molar-refractivity contribution >= 4 is 13.7 Å². The summed E-state index contributed by atoms with van der Waals surface area (Å²) in [5.74, 6) is 0.00540. The van der Waals surface area contributed by atoms with E-state index in [1.54, 1.807) is 6.07 Å². The van der Waals surface area contributed by atoms with Crippen molar-refractivity contribution in [2.75, 3.05) is 11.7 Å². The molecule has 1 aromatic heterocycles. The topological polar surface area (TPSA) is 86.6 Å². The van der Waals surface area contributed by atoms with Crippen molar-refractivity contribution in [3.8, 4) is 0 Å². The number of hydrogen-bond donors (Lipinski definition) is 2. The summed E-state index contributed by atoms with van der Waals surface area (Å²) in [7, 11) is -3.04. The smallest absolute Gasteiger partial charge is 0.308 e. The SMILES string of the molecule is CN(c1ncccn1)P(=O)(O)O. The van der Waals surface area contributed by atoms with Crippen LogP contribution in [-0.4, -0.2) is 26.8 Å². The van der Waals surface area contributed by atoms with Crippen LogP contribution >= 0.6 is 7.75 Å². The molecule has 0 aromatic carbocycles. The van der Waals surface area contributed by atoms with Gasteiger partial charge in [0.05, 0.1) is 0 Å². The van der Waals surface area contributed by atoms with Gasteiger partial charge in [0, 0.05) is 19.4 Å². The maximum Gasteiger partial charge on any atom is 0.432 e. The molecule has 66 valence electrons. The van der Waals surface area contributed by atoms with Crippen LogP contribution in [0.2, 0.25) is 0 Å². The molecule has 0 saturated heterocycles. The Balaban J connectivity index is 2.94. The molecule has 0 spiro atoms. The first kappa shape index (κ1) is 9.12. The maximum absolute atomic E-state index is 10.7. The van der Waals surface area contributed by atoms with Gasteiger partial charge in [-0.25, -0.2) is 14.5 Å². The third-order valence-corrected chi connectivity index (χ3v) is 2.19. The Kier molecular flexibility index (Phi) is 2.42. The van der Waals surface area contributed by atoms with Gasteiger partial charge in [0.1, 0.15) is 0 Å². The minimum absolute atomic E-state index is 0.00540. The summed E-state index contributed by atoms with van der Waals surface area (Å²) in [5.41, 5.74) is 0. The summed E-state index contributed by atoms with van der Waals surface area (Å²) in [6, 6.07) is 1.57. The predicted molar refractivity (Wildman–Crippen MR) is 42.5 cm³/mol. The highest BCUT2D eigenvalue weighted by atomic mass is 31.2. The van der Waals surface area contributed by atoms with Crippen molar-refractivity contribution in [1.82, 2.24) is 9.97 Å². The van der Waals surface area contributed by atoms with Crippen LogP contribution in [0.1, 0.15) is 0 Å². The molecule has 1 rings (SSSR count). The maximum atomic E-state index is 10.7. The van der Waals surface area contributed by atoms with Crippen LogP contribution in [-0.2, 0) is 4.57 Å². The van der Waals surface area contributed by atoms with Crippen molar-refractivity contribution in [1.29, 1.82) is 0 Å². The highest BCUT2D eigenvalue weighted by molar-refractivity contribution is 7.53. The van der Waals surface area contributed by atoms with E-state index < -0.39 is 7.75 Å². The molecule has 0 radical (unpaired) electrons. The number of aromatic nitrogens is 2. The largest absolute Gasteiger partial charge is 0.432 e. The van der Waals surface area contributed by atoms with Crippen LogP contribution in [0.4, 0.5) is 5.95 Å². The average molecular weight is 189 g/mol. The van der Waals surface area contributed by atoms with Gasteiger partial charge >= 0.3 is 7.75 Å². The molecular weight excluding hydrogens is 181 g/mol. The molecule has 0 atom stereocenters. The van der Waals surface area contributed by atoms with Crippen LogP contribution in [0.15, 0.2) is 18.5 Å². The highest BCUT2D eigenvalue weighted by Crippen LogP contribution is 2.40. The minimum atomic E-state index is -4.27. The van der Waals surface area contributed by atoms with Crippen LogP contribution < -0.4 is 4.67 Å². The number of nitrogens with zero attached hydrogens (tertiary/aromatic N) is 3. The minimum Gasteiger partial charge on any atom is -0.308 e. The van der Waals surface area contributed by atoms with Crippen molar-refractivity contribution < 1.29 is 14.4 Å². The Morgan fingerprint density at radius 2 is 1.92 bits per heavy atom. The van der Waals surface area contributed by atoms with Gasteiger partial charge in [-0.15, -0.1) is 0 Å². The first-order valence-corrected chi connectivity index (χ1v) is 4.65. The zero-order valence-electron chi connectivity index (χ0n) is 6.32. The van der Waals surface area contributed by atoms with E-state index in [4.69, 9.17) is 9.79 Å². The normalized spacial score (nSPS) is 11.2. The Bertz CT molecular complexity index is 298. The summed E-state index contributed by atoms with van der Waals surface area (Å²) in [5, 5.41) is 0. The molecule has 0 aliphatic heterocycles. The van der Waals surface area contributed by atoms with Gasteiger partial charge in [0.15, 0.2) is 0 Å². The fraction of sp³-hybridized carbons (Fsp3) is 0.200. The lowest BCUT2D eigenvalue weighted by atomic mass is 10.7. The van der Waals surface area contributed by atoms with Crippen molar-refractivity contribution in [3.05, 3.63) is 18.5 Å². The second-order valence-electron chi connectivity index (χ2n) is 2.09. The Morgan fingerprint density at radius 1 is 1.42 bits per heavy atom. The van der Waals surface area contributed by atoms with E-state index in [9.17, 15) is 4.57 Å². The van der Waals surface area contributed by atoms with Crippen LogP contribution in [0, 0.1) is 0 Å². The van der Waals surface area contributed by atoms with Gasteiger partial charge < -0.3 is 9.79 Å². The lowest BCUT2D eigenvalue weighted by Crippen LogP contribution is -2.15. The fourth-order valence-electron chi connectivity index (χ4n) is 0.575. The van der Waals surface area contributed by atoms with E-state index in [0.717, 1.165) is 0 Å². The highest BCUT2D eigenvalue weighted by Gasteiger charge is 2.22. The fourth-order valence-corrected chi connectivity index (χ4v) is 0.911. The quantitative estimate of drug-likeness (QED) is 0.637. The van der Waals surface area contributed by atoms with Crippen LogP contribution in [0.5, 0.6) is 0 Å². The summed E-state index contributed by atoms with van der Waals surface area (Å²) in [6.07, 6.45) is 2.82. The molecule has 1 aromatic rings. The molecule has 1 heterocycles. The second-order valence-corrected chi connectivity index (χ2v) is 3.71. The molecular formula is C5H8N3O3P. The molecule has 12 heavy (non-hydrogen) atoms. The van der Waals surface area contributed by atoms with Crippen molar-refractivity contribution in [2.24, 2.45) is 0 Å². The van der Waals surface area contributed by atoms with Gasteiger partial charge in [0.25, 0.3) is 0 Å². The Morgan fingerprint density at radius 3 is 2.33 bits per heavy atom. The van der Waals surface area contributed by atoms with E-state index in [1.807, 2.05) is 0 Å². The lowest BCUT2D eigenvalue weighted by molar-refractivity contribution is 0.370. The third-order valence-electron chi connectivity index (χ3n) is 1.23. The average Bonchev–Trinajstić information content (AvgIpc) is 2.03. The van der Waals surface area contributed by atoms with Crippen LogP contribution in [0.3, 0.4) is 0 Å². The molecule has 0 aliphatic rings. The molecule has 6 nitrogen and oxygen atoms in total.